The lowest BCUT2D eigenvalue weighted by atomic mass is 10.1. The predicted molar refractivity (Wildman–Crippen MR) is 108 cm³/mol. The van der Waals surface area contributed by atoms with Crippen LogP contribution in [-0.4, -0.2) is 25.3 Å². The second-order valence-electron chi connectivity index (χ2n) is 6.34. The van der Waals surface area contributed by atoms with E-state index in [1.54, 1.807) is 24.8 Å². The van der Waals surface area contributed by atoms with Crippen LogP contribution >= 0.6 is 0 Å². The van der Waals surface area contributed by atoms with E-state index in [0.29, 0.717) is 11.5 Å². The molecular formula is C22H15N5O. The summed E-state index contributed by atoms with van der Waals surface area (Å²) in [6.07, 6.45) is 8.83. The second-order valence-corrected chi connectivity index (χ2v) is 6.34. The molecule has 28 heavy (non-hydrogen) atoms. The van der Waals surface area contributed by atoms with Crippen molar-refractivity contribution in [2.75, 3.05) is 5.32 Å². The Morgan fingerprint density at radius 2 is 1.82 bits per heavy atom. The standard InChI is InChI=1S/C22H15N5O/c28-22(25-18-7-3-5-15-13-24-11-9-17(15)18)20-19-8-1-2-12-27(19)21(26-20)16-6-4-10-23-14-16/h1-14H,(H,25,28). The average molecular weight is 365 g/mol. The minimum atomic E-state index is -0.261. The summed E-state index contributed by atoms with van der Waals surface area (Å²) in [6, 6.07) is 17.1. The topological polar surface area (TPSA) is 72.2 Å². The lowest BCUT2D eigenvalue weighted by Gasteiger charge is -2.07. The van der Waals surface area contributed by atoms with Gasteiger partial charge in [0.2, 0.25) is 0 Å². The van der Waals surface area contributed by atoms with Crippen LogP contribution in [0.2, 0.25) is 0 Å². The van der Waals surface area contributed by atoms with Gasteiger partial charge in [-0.25, -0.2) is 4.98 Å². The summed E-state index contributed by atoms with van der Waals surface area (Å²) in [5.41, 5.74) is 2.68. The number of aromatic nitrogens is 4. The first kappa shape index (κ1) is 16.1. The summed E-state index contributed by atoms with van der Waals surface area (Å²) in [7, 11) is 0. The van der Waals surface area contributed by atoms with Crippen molar-refractivity contribution in [2.45, 2.75) is 0 Å². The predicted octanol–water partition coefficient (Wildman–Crippen LogP) is 4.20. The Kier molecular flexibility index (Phi) is 3.80. The molecule has 0 saturated carbocycles. The van der Waals surface area contributed by atoms with Crippen molar-refractivity contribution in [3.05, 3.63) is 91.3 Å². The number of anilines is 1. The van der Waals surface area contributed by atoms with Gasteiger partial charge in [0.1, 0.15) is 5.82 Å². The van der Waals surface area contributed by atoms with Crippen LogP contribution in [0, 0.1) is 0 Å². The summed E-state index contributed by atoms with van der Waals surface area (Å²) < 4.78 is 1.90. The Morgan fingerprint density at radius 3 is 2.71 bits per heavy atom. The van der Waals surface area contributed by atoms with E-state index in [2.05, 4.69) is 20.3 Å². The number of nitrogens with one attached hydrogen (secondary N) is 1. The molecule has 6 heteroatoms. The molecular weight excluding hydrogens is 350 g/mol. The Hall–Kier alpha value is -4.06. The number of hydrogen-bond acceptors (Lipinski definition) is 4. The zero-order valence-electron chi connectivity index (χ0n) is 14.8. The first-order chi connectivity index (χ1) is 13.8. The normalized spacial score (nSPS) is 11.0. The van der Waals surface area contributed by atoms with Gasteiger partial charge in [0, 0.05) is 53.0 Å². The maximum Gasteiger partial charge on any atom is 0.276 e. The number of rotatable bonds is 3. The molecule has 0 radical (unpaired) electrons. The van der Waals surface area contributed by atoms with Gasteiger partial charge in [-0.15, -0.1) is 0 Å². The highest BCUT2D eigenvalue weighted by molar-refractivity contribution is 6.11. The maximum absolute atomic E-state index is 13.1. The molecule has 0 aliphatic heterocycles. The van der Waals surface area contributed by atoms with Crippen molar-refractivity contribution in [2.24, 2.45) is 0 Å². The van der Waals surface area contributed by atoms with E-state index in [1.807, 2.05) is 65.2 Å². The van der Waals surface area contributed by atoms with Crippen LogP contribution in [0.25, 0.3) is 27.7 Å². The first-order valence-electron chi connectivity index (χ1n) is 8.83. The number of imidazole rings is 1. The molecule has 0 aliphatic rings. The first-order valence-corrected chi connectivity index (χ1v) is 8.83. The minimum Gasteiger partial charge on any atom is -0.320 e. The van der Waals surface area contributed by atoms with Gasteiger partial charge in [-0.3, -0.25) is 19.2 Å². The van der Waals surface area contributed by atoms with Gasteiger partial charge in [-0.2, -0.15) is 0 Å². The number of amides is 1. The molecule has 4 heterocycles. The van der Waals surface area contributed by atoms with Crippen molar-refractivity contribution in [1.29, 1.82) is 0 Å². The van der Waals surface area contributed by atoms with E-state index in [9.17, 15) is 4.79 Å². The summed E-state index contributed by atoms with van der Waals surface area (Å²) in [6.45, 7) is 0. The van der Waals surface area contributed by atoms with E-state index in [0.717, 1.165) is 27.5 Å². The molecule has 0 saturated heterocycles. The van der Waals surface area contributed by atoms with Gasteiger partial charge >= 0.3 is 0 Å². The van der Waals surface area contributed by atoms with E-state index >= 15 is 0 Å². The summed E-state index contributed by atoms with van der Waals surface area (Å²) in [4.78, 5) is 26.0. The van der Waals surface area contributed by atoms with Crippen molar-refractivity contribution in [3.63, 3.8) is 0 Å². The zero-order chi connectivity index (χ0) is 18.9. The highest BCUT2D eigenvalue weighted by Crippen LogP contribution is 2.25. The molecule has 0 bridgehead atoms. The SMILES string of the molecule is O=C(Nc1cccc2cnccc12)c1nc(-c2cccnc2)n2ccccc12. The highest BCUT2D eigenvalue weighted by atomic mass is 16.1. The van der Waals surface area contributed by atoms with Crippen LogP contribution in [0.3, 0.4) is 0 Å². The number of carbonyl (C=O) groups excluding carboxylic acids is 1. The summed E-state index contributed by atoms with van der Waals surface area (Å²) in [5, 5.41) is 4.90. The Labute approximate surface area is 160 Å². The lowest BCUT2D eigenvalue weighted by Crippen LogP contribution is -2.13. The number of hydrogen-bond donors (Lipinski definition) is 1. The molecule has 1 amide bonds. The van der Waals surface area contributed by atoms with Gasteiger partial charge in [0.15, 0.2) is 5.69 Å². The monoisotopic (exact) mass is 365 g/mol. The van der Waals surface area contributed by atoms with Gasteiger partial charge in [0.05, 0.1) is 5.52 Å². The third kappa shape index (κ3) is 2.68. The van der Waals surface area contributed by atoms with Gasteiger partial charge < -0.3 is 5.32 Å². The molecule has 0 unspecified atom stereocenters. The van der Waals surface area contributed by atoms with Gasteiger partial charge in [0.25, 0.3) is 5.91 Å². The van der Waals surface area contributed by atoms with Crippen LogP contribution in [-0.2, 0) is 0 Å². The fourth-order valence-electron chi connectivity index (χ4n) is 3.32. The fraction of sp³-hybridized carbons (Fsp3) is 0. The van der Waals surface area contributed by atoms with Crippen LogP contribution in [0.5, 0.6) is 0 Å². The Balaban J connectivity index is 1.60. The third-order valence-corrected chi connectivity index (χ3v) is 4.61. The number of pyridine rings is 3. The number of benzene rings is 1. The molecule has 1 aromatic carbocycles. The number of nitrogens with zero attached hydrogens (tertiary/aromatic N) is 4. The van der Waals surface area contributed by atoms with Crippen molar-refractivity contribution in [1.82, 2.24) is 19.4 Å². The van der Waals surface area contributed by atoms with E-state index in [1.165, 1.54) is 0 Å². The largest absolute Gasteiger partial charge is 0.320 e. The van der Waals surface area contributed by atoms with Crippen LogP contribution < -0.4 is 5.32 Å². The molecule has 0 atom stereocenters. The van der Waals surface area contributed by atoms with Gasteiger partial charge in [-0.05, 0) is 36.4 Å². The summed E-state index contributed by atoms with van der Waals surface area (Å²) in [5.74, 6) is 0.416. The molecule has 6 nitrogen and oxygen atoms in total. The zero-order valence-corrected chi connectivity index (χ0v) is 14.8. The molecule has 4 aromatic heterocycles. The fourth-order valence-corrected chi connectivity index (χ4v) is 3.32. The van der Waals surface area contributed by atoms with Crippen molar-refractivity contribution < 1.29 is 4.79 Å². The molecule has 5 rings (SSSR count). The second kappa shape index (κ2) is 6.59. The minimum absolute atomic E-state index is 0.261. The number of carbonyl (C=O) groups is 1. The maximum atomic E-state index is 13.1. The molecule has 0 spiro atoms. The number of fused-ring (bicyclic) bond motifs is 2. The quantitative estimate of drug-likeness (QED) is 0.520. The Bertz CT molecular complexity index is 1310. The molecule has 5 aromatic rings. The van der Waals surface area contributed by atoms with Crippen LogP contribution in [0.1, 0.15) is 10.5 Å². The Morgan fingerprint density at radius 1 is 0.893 bits per heavy atom. The van der Waals surface area contributed by atoms with Gasteiger partial charge in [-0.1, -0.05) is 18.2 Å². The molecule has 134 valence electrons. The third-order valence-electron chi connectivity index (χ3n) is 4.61. The van der Waals surface area contributed by atoms with Crippen LogP contribution in [0.4, 0.5) is 5.69 Å². The van der Waals surface area contributed by atoms with E-state index in [4.69, 9.17) is 0 Å². The van der Waals surface area contributed by atoms with Crippen LogP contribution in [0.15, 0.2) is 85.6 Å². The smallest absolute Gasteiger partial charge is 0.276 e. The summed E-state index contributed by atoms with van der Waals surface area (Å²) >= 11 is 0. The molecule has 0 fully saturated rings. The molecule has 1 N–H and O–H groups in total. The lowest BCUT2D eigenvalue weighted by molar-refractivity contribution is 0.102. The van der Waals surface area contributed by atoms with Crippen molar-refractivity contribution >= 4 is 27.9 Å². The molecule has 0 aliphatic carbocycles. The average Bonchev–Trinajstić information content (AvgIpc) is 3.15. The van der Waals surface area contributed by atoms with E-state index < -0.39 is 0 Å². The highest BCUT2D eigenvalue weighted by Gasteiger charge is 2.19. The van der Waals surface area contributed by atoms with E-state index in [-0.39, 0.29) is 5.91 Å². The van der Waals surface area contributed by atoms with Crippen molar-refractivity contribution in [3.8, 4) is 11.4 Å².